The van der Waals surface area contributed by atoms with Crippen LogP contribution >= 0.6 is 0 Å². The second kappa shape index (κ2) is 6.52. The lowest BCUT2D eigenvalue weighted by atomic mass is 10.0. The van der Waals surface area contributed by atoms with Crippen molar-refractivity contribution in [1.82, 2.24) is 5.32 Å². The smallest absolute Gasteiger partial charge is 0.241 e. The predicted octanol–water partition coefficient (Wildman–Crippen LogP) is 2.30. The molecule has 0 aromatic heterocycles. The SMILES string of the molecule is CCOc1ccc(NC(=O)[C@@H]2CCCCN2)cc1F. The van der Waals surface area contributed by atoms with Gasteiger partial charge >= 0.3 is 0 Å². The Balaban J connectivity index is 1.98. The lowest BCUT2D eigenvalue weighted by Crippen LogP contribution is -2.43. The Labute approximate surface area is 112 Å². The molecule has 1 aliphatic rings. The molecule has 2 N–H and O–H groups in total. The number of piperidine rings is 1. The molecule has 1 aliphatic heterocycles. The molecule has 0 bridgehead atoms. The fourth-order valence-corrected chi connectivity index (χ4v) is 2.16. The Kier molecular flexibility index (Phi) is 4.74. The Bertz CT molecular complexity index is 445. The number of ether oxygens (including phenoxy) is 1. The van der Waals surface area contributed by atoms with E-state index in [2.05, 4.69) is 10.6 Å². The van der Waals surface area contributed by atoms with Crippen LogP contribution in [0, 0.1) is 5.82 Å². The van der Waals surface area contributed by atoms with Crippen molar-refractivity contribution >= 4 is 11.6 Å². The fraction of sp³-hybridized carbons (Fsp3) is 0.500. The van der Waals surface area contributed by atoms with E-state index in [1.165, 1.54) is 12.1 Å². The number of benzene rings is 1. The first-order valence-electron chi connectivity index (χ1n) is 6.67. The van der Waals surface area contributed by atoms with E-state index in [1.807, 2.05) is 0 Å². The number of hydrogen-bond donors (Lipinski definition) is 2. The minimum absolute atomic E-state index is 0.108. The van der Waals surface area contributed by atoms with Crippen molar-refractivity contribution in [3.05, 3.63) is 24.0 Å². The zero-order valence-electron chi connectivity index (χ0n) is 11.0. The highest BCUT2D eigenvalue weighted by atomic mass is 19.1. The fourth-order valence-electron chi connectivity index (χ4n) is 2.16. The first kappa shape index (κ1) is 13.8. The third-order valence-electron chi connectivity index (χ3n) is 3.13. The molecule has 1 aromatic carbocycles. The van der Waals surface area contributed by atoms with Crippen LogP contribution in [0.1, 0.15) is 26.2 Å². The Hall–Kier alpha value is -1.62. The minimum Gasteiger partial charge on any atom is -0.491 e. The average Bonchev–Trinajstić information content (AvgIpc) is 2.43. The van der Waals surface area contributed by atoms with Gasteiger partial charge in [-0.2, -0.15) is 0 Å². The molecule has 0 saturated carbocycles. The number of carbonyl (C=O) groups excluding carboxylic acids is 1. The molecule has 1 heterocycles. The van der Waals surface area contributed by atoms with Crippen LogP contribution in [-0.4, -0.2) is 25.1 Å². The molecule has 4 nitrogen and oxygen atoms in total. The molecule has 1 aromatic rings. The van der Waals surface area contributed by atoms with Gasteiger partial charge < -0.3 is 15.4 Å². The van der Waals surface area contributed by atoms with Crippen LogP contribution < -0.4 is 15.4 Å². The summed E-state index contributed by atoms with van der Waals surface area (Å²) in [4.78, 5) is 12.0. The molecular weight excluding hydrogens is 247 g/mol. The number of hydrogen-bond acceptors (Lipinski definition) is 3. The summed E-state index contributed by atoms with van der Waals surface area (Å²) < 4.78 is 18.8. The minimum atomic E-state index is -0.462. The Morgan fingerprint density at radius 3 is 3.00 bits per heavy atom. The van der Waals surface area contributed by atoms with Crippen LogP contribution in [0.15, 0.2) is 18.2 Å². The normalized spacial score (nSPS) is 18.9. The van der Waals surface area contributed by atoms with Crippen molar-refractivity contribution < 1.29 is 13.9 Å². The molecule has 19 heavy (non-hydrogen) atoms. The van der Waals surface area contributed by atoms with Crippen molar-refractivity contribution in [3.63, 3.8) is 0 Å². The molecule has 1 atom stereocenters. The number of rotatable bonds is 4. The molecule has 0 aliphatic carbocycles. The van der Waals surface area contributed by atoms with Gasteiger partial charge in [0.1, 0.15) is 0 Å². The van der Waals surface area contributed by atoms with Crippen molar-refractivity contribution in [3.8, 4) is 5.75 Å². The molecule has 1 fully saturated rings. The first-order valence-corrected chi connectivity index (χ1v) is 6.67. The summed E-state index contributed by atoms with van der Waals surface area (Å²) in [5.41, 5.74) is 0.457. The lowest BCUT2D eigenvalue weighted by molar-refractivity contribution is -0.118. The highest BCUT2D eigenvalue weighted by Gasteiger charge is 2.20. The predicted molar refractivity (Wildman–Crippen MR) is 71.8 cm³/mol. The third kappa shape index (κ3) is 3.67. The van der Waals surface area contributed by atoms with E-state index in [1.54, 1.807) is 13.0 Å². The number of nitrogens with one attached hydrogen (secondary N) is 2. The van der Waals surface area contributed by atoms with Gasteiger partial charge in [0.2, 0.25) is 5.91 Å². The molecule has 0 spiro atoms. The molecule has 5 heteroatoms. The maximum atomic E-state index is 13.6. The van der Waals surface area contributed by atoms with Gasteiger partial charge in [0.05, 0.1) is 12.6 Å². The van der Waals surface area contributed by atoms with Crippen molar-refractivity contribution in [1.29, 1.82) is 0 Å². The number of halogens is 1. The molecule has 1 amide bonds. The summed E-state index contributed by atoms with van der Waals surface area (Å²) in [5.74, 6) is -0.365. The van der Waals surface area contributed by atoms with Crippen LogP contribution in [0.5, 0.6) is 5.75 Å². The summed E-state index contributed by atoms with van der Waals surface area (Å²) in [6.45, 7) is 3.06. The van der Waals surface area contributed by atoms with Gasteiger partial charge in [-0.15, -0.1) is 0 Å². The number of amides is 1. The Morgan fingerprint density at radius 2 is 2.37 bits per heavy atom. The van der Waals surface area contributed by atoms with Gasteiger partial charge in [-0.1, -0.05) is 6.42 Å². The standard InChI is InChI=1S/C14H19FN2O2/c1-2-19-13-7-6-10(9-11(13)15)17-14(18)12-5-3-4-8-16-12/h6-7,9,12,16H,2-5,8H2,1H3,(H,17,18)/t12-/m0/s1. The lowest BCUT2D eigenvalue weighted by Gasteiger charge is -2.22. The summed E-state index contributed by atoms with van der Waals surface area (Å²) in [6.07, 6.45) is 2.97. The molecule has 0 radical (unpaired) electrons. The van der Waals surface area contributed by atoms with Gasteiger partial charge in [-0.3, -0.25) is 4.79 Å². The van der Waals surface area contributed by atoms with E-state index in [0.29, 0.717) is 12.3 Å². The molecular formula is C14H19FN2O2. The maximum Gasteiger partial charge on any atom is 0.241 e. The highest BCUT2D eigenvalue weighted by Crippen LogP contribution is 2.21. The quantitative estimate of drug-likeness (QED) is 0.879. The first-order chi connectivity index (χ1) is 9.20. The molecule has 2 rings (SSSR count). The monoisotopic (exact) mass is 266 g/mol. The second-order valence-corrected chi connectivity index (χ2v) is 4.57. The number of anilines is 1. The van der Waals surface area contributed by atoms with Crippen molar-refractivity contribution in [2.75, 3.05) is 18.5 Å². The van der Waals surface area contributed by atoms with Gasteiger partial charge in [-0.05, 0) is 38.4 Å². The van der Waals surface area contributed by atoms with Crippen LogP contribution in [0.3, 0.4) is 0 Å². The summed E-state index contributed by atoms with van der Waals surface area (Å²) in [5, 5.41) is 5.88. The zero-order chi connectivity index (χ0) is 13.7. The van der Waals surface area contributed by atoms with E-state index >= 15 is 0 Å². The summed E-state index contributed by atoms with van der Waals surface area (Å²) in [7, 11) is 0. The summed E-state index contributed by atoms with van der Waals surface area (Å²) in [6, 6.07) is 4.28. The number of carbonyl (C=O) groups is 1. The van der Waals surface area contributed by atoms with Crippen molar-refractivity contribution in [2.24, 2.45) is 0 Å². The van der Waals surface area contributed by atoms with Gasteiger partial charge in [0.15, 0.2) is 11.6 Å². The van der Waals surface area contributed by atoms with Crippen LogP contribution in [-0.2, 0) is 4.79 Å². The van der Waals surface area contributed by atoms with Crippen molar-refractivity contribution in [2.45, 2.75) is 32.2 Å². The Morgan fingerprint density at radius 1 is 1.53 bits per heavy atom. The third-order valence-corrected chi connectivity index (χ3v) is 3.13. The van der Waals surface area contributed by atoms with E-state index in [-0.39, 0.29) is 17.7 Å². The largest absolute Gasteiger partial charge is 0.491 e. The topological polar surface area (TPSA) is 50.4 Å². The molecule has 0 unspecified atom stereocenters. The van der Waals surface area contributed by atoms with Gasteiger partial charge in [0.25, 0.3) is 0 Å². The zero-order valence-corrected chi connectivity index (χ0v) is 11.0. The summed E-state index contributed by atoms with van der Waals surface area (Å²) >= 11 is 0. The van der Waals surface area contributed by atoms with Gasteiger partial charge in [-0.25, -0.2) is 4.39 Å². The van der Waals surface area contributed by atoms with Crippen LogP contribution in [0.25, 0.3) is 0 Å². The van der Waals surface area contributed by atoms with Crippen LogP contribution in [0.2, 0.25) is 0 Å². The average molecular weight is 266 g/mol. The molecule has 104 valence electrons. The van der Waals surface area contributed by atoms with E-state index in [0.717, 1.165) is 25.8 Å². The second-order valence-electron chi connectivity index (χ2n) is 4.57. The highest BCUT2D eigenvalue weighted by molar-refractivity contribution is 5.94. The van der Waals surface area contributed by atoms with E-state index in [4.69, 9.17) is 4.74 Å². The maximum absolute atomic E-state index is 13.6. The molecule has 1 saturated heterocycles. The van der Waals surface area contributed by atoms with Crippen LogP contribution in [0.4, 0.5) is 10.1 Å². The van der Waals surface area contributed by atoms with E-state index in [9.17, 15) is 9.18 Å². The van der Waals surface area contributed by atoms with Gasteiger partial charge in [0, 0.05) is 11.8 Å². The van der Waals surface area contributed by atoms with E-state index < -0.39 is 5.82 Å².